The zero-order chi connectivity index (χ0) is 16.9. The van der Waals surface area contributed by atoms with Crippen molar-refractivity contribution in [2.75, 3.05) is 13.7 Å². The first-order valence-electron chi connectivity index (χ1n) is 8.28. The maximum atomic E-state index is 12.2. The third kappa shape index (κ3) is 3.50. The van der Waals surface area contributed by atoms with Gasteiger partial charge < -0.3 is 10.1 Å². The molecule has 0 bridgehead atoms. The van der Waals surface area contributed by atoms with Crippen LogP contribution >= 0.6 is 0 Å². The van der Waals surface area contributed by atoms with Crippen LogP contribution < -0.4 is 10.1 Å². The van der Waals surface area contributed by atoms with E-state index in [1.807, 2.05) is 30.5 Å². The van der Waals surface area contributed by atoms with Crippen LogP contribution in [0.25, 0.3) is 0 Å². The molecule has 1 N–H and O–H groups in total. The Bertz CT molecular complexity index is 689. The van der Waals surface area contributed by atoms with Crippen LogP contribution in [0.15, 0.2) is 53.3 Å². The lowest BCUT2D eigenvalue weighted by Crippen LogP contribution is -2.40. The molecule has 1 aromatic rings. The molecule has 0 aromatic heterocycles. The molecule has 0 fully saturated rings. The summed E-state index contributed by atoms with van der Waals surface area (Å²) in [7, 11) is 1.65. The number of benzene rings is 1. The molecule has 5 heteroatoms. The third-order valence-corrected chi connectivity index (χ3v) is 4.42. The van der Waals surface area contributed by atoms with Crippen molar-refractivity contribution < 1.29 is 9.53 Å². The second kappa shape index (κ2) is 7.34. The summed E-state index contributed by atoms with van der Waals surface area (Å²) in [6.45, 7) is 2.38. The Kier molecular flexibility index (Phi) is 4.99. The molecule has 0 saturated carbocycles. The highest BCUT2D eigenvalue weighted by Gasteiger charge is 2.29. The van der Waals surface area contributed by atoms with Crippen molar-refractivity contribution in [3.8, 4) is 5.75 Å². The fourth-order valence-corrected chi connectivity index (χ4v) is 3.16. The SMILES string of the molecule is COc1ccc(C2=NN(C(C)=O)C(C3=CCNC=CC3)CC2)cc1. The summed E-state index contributed by atoms with van der Waals surface area (Å²) in [6, 6.07) is 7.88. The predicted molar refractivity (Wildman–Crippen MR) is 94.9 cm³/mol. The van der Waals surface area contributed by atoms with Gasteiger partial charge in [0, 0.05) is 13.5 Å². The van der Waals surface area contributed by atoms with E-state index in [0.717, 1.165) is 42.8 Å². The highest BCUT2D eigenvalue weighted by atomic mass is 16.5. The van der Waals surface area contributed by atoms with Crippen LogP contribution in [0, 0.1) is 0 Å². The molecule has 0 saturated heterocycles. The van der Waals surface area contributed by atoms with Gasteiger partial charge in [-0.3, -0.25) is 4.79 Å². The lowest BCUT2D eigenvalue weighted by molar-refractivity contribution is -0.130. The van der Waals surface area contributed by atoms with Crippen molar-refractivity contribution in [3.05, 3.63) is 53.8 Å². The number of ether oxygens (including phenoxy) is 1. The summed E-state index contributed by atoms with van der Waals surface area (Å²) in [5.41, 5.74) is 3.24. The van der Waals surface area contributed by atoms with Gasteiger partial charge in [0.2, 0.25) is 5.91 Å². The molecule has 5 nitrogen and oxygen atoms in total. The summed E-state index contributed by atoms with van der Waals surface area (Å²) in [6.07, 6.45) is 8.85. The molecule has 126 valence electrons. The smallest absolute Gasteiger partial charge is 0.240 e. The Labute approximate surface area is 142 Å². The maximum Gasteiger partial charge on any atom is 0.240 e. The standard InChI is InChI=1S/C19H23N3O2/c1-14(23)22-19(16-4-3-12-20-13-11-16)10-9-18(21-22)15-5-7-17(24-2)8-6-15/h3,5-8,11-12,19-20H,4,9-10,13H2,1-2H3. The molecule has 2 aliphatic heterocycles. The Morgan fingerprint density at radius 1 is 1.33 bits per heavy atom. The van der Waals surface area contributed by atoms with Gasteiger partial charge in [0.1, 0.15) is 5.75 Å². The van der Waals surface area contributed by atoms with Crippen LogP contribution in [0.4, 0.5) is 0 Å². The third-order valence-electron chi connectivity index (χ3n) is 4.42. The fourth-order valence-electron chi connectivity index (χ4n) is 3.16. The number of allylic oxidation sites excluding steroid dienone is 1. The van der Waals surface area contributed by atoms with Gasteiger partial charge in [-0.2, -0.15) is 5.10 Å². The lowest BCUT2D eigenvalue weighted by Gasteiger charge is -2.33. The van der Waals surface area contributed by atoms with E-state index < -0.39 is 0 Å². The van der Waals surface area contributed by atoms with E-state index in [0.29, 0.717) is 0 Å². The minimum Gasteiger partial charge on any atom is -0.497 e. The second-order valence-corrected chi connectivity index (χ2v) is 5.99. The fraction of sp³-hybridized carbons (Fsp3) is 0.368. The first-order chi connectivity index (χ1) is 11.7. The van der Waals surface area contributed by atoms with Crippen molar-refractivity contribution in [3.63, 3.8) is 0 Å². The number of carbonyl (C=O) groups excluding carboxylic acids is 1. The molecule has 2 heterocycles. The Balaban J connectivity index is 1.86. The van der Waals surface area contributed by atoms with Gasteiger partial charge in [-0.05, 0) is 60.9 Å². The molecule has 24 heavy (non-hydrogen) atoms. The van der Waals surface area contributed by atoms with Crippen LogP contribution in [0.2, 0.25) is 0 Å². The predicted octanol–water partition coefficient (Wildman–Crippen LogP) is 2.84. The van der Waals surface area contributed by atoms with E-state index in [1.165, 1.54) is 5.57 Å². The van der Waals surface area contributed by atoms with Crippen molar-refractivity contribution >= 4 is 11.6 Å². The highest BCUT2D eigenvalue weighted by molar-refractivity contribution is 6.01. The van der Waals surface area contributed by atoms with Gasteiger partial charge >= 0.3 is 0 Å². The molecule has 0 aliphatic carbocycles. The van der Waals surface area contributed by atoms with E-state index in [-0.39, 0.29) is 11.9 Å². The zero-order valence-electron chi connectivity index (χ0n) is 14.2. The summed E-state index contributed by atoms with van der Waals surface area (Å²) in [4.78, 5) is 12.2. The first-order valence-corrected chi connectivity index (χ1v) is 8.28. The van der Waals surface area contributed by atoms with Crippen LogP contribution in [0.1, 0.15) is 31.7 Å². The van der Waals surface area contributed by atoms with E-state index in [2.05, 4.69) is 22.6 Å². The second-order valence-electron chi connectivity index (χ2n) is 5.99. The van der Waals surface area contributed by atoms with Crippen molar-refractivity contribution in [1.29, 1.82) is 0 Å². The van der Waals surface area contributed by atoms with Gasteiger partial charge in [0.05, 0.1) is 18.9 Å². The highest BCUT2D eigenvalue weighted by Crippen LogP contribution is 2.27. The summed E-state index contributed by atoms with van der Waals surface area (Å²) in [5, 5.41) is 9.51. The average molecular weight is 325 g/mol. The number of nitrogens with one attached hydrogen (secondary N) is 1. The van der Waals surface area contributed by atoms with Crippen LogP contribution in [0.3, 0.4) is 0 Å². The first kappa shape index (κ1) is 16.3. The Morgan fingerprint density at radius 3 is 2.83 bits per heavy atom. The zero-order valence-corrected chi connectivity index (χ0v) is 14.2. The molecule has 1 amide bonds. The number of nitrogens with zero attached hydrogens (tertiary/aromatic N) is 2. The molecule has 0 spiro atoms. The molecule has 1 unspecified atom stereocenters. The van der Waals surface area contributed by atoms with E-state index in [4.69, 9.17) is 4.74 Å². The largest absolute Gasteiger partial charge is 0.497 e. The van der Waals surface area contributed by atoms with E-state index >= 15 is 0 Å². The lowest BCUT2D eigenvalue weighted by atomic mass is 9.93. The van der Waals surface area contributed by atoms with Crippen molar-refractivity contribution in [2.45, 2.75) is 32.2 Å². The maximum absolute atomic E-state index is 12.2. The Hall–Kier alpha value is -2.56. The summed E-state index contributed by atoms with van der Waals surface area (Å²) in [5.74, 6) is 0.798. The van der Waals surface area contributed by atoms with E-state index in [1.54, 1.807) is 19.0 Å². The number of carbonyl (C=O) groups is 1. The molecule has 1 aromatic carbocycles. The number of rotatable bonds is 3. The molecular formula is C19H23N3O2. The van der Waals surface area contributed by atoms with Crippen molar-refractivity contribution in [2.24, 2.45) is 5.10 Å². The normalized spacial score (nSPS) is 20.6. The van der Waals surface area contributed by atoms with Crippen LogP contribution in [-0.4, -0.2) is 36.3 Å². The minimum absolute atomic E-state index is 0.0206. The Morgan fingerprint density at radius 2 is 2.12 bits per heavy atom. The van der Waals surface area contributed by atoms with Gasteiger partial charge in [0.25, 0.3) is 0 Å². The topological polar surface area (TPSA) is 53.9 Å². The quantitative estimate of drug-likeness (QED) is 0.870. The molecular weight excluding hydrogens is 302 g/mol. The molecule has 3 rings (SSSR count). The van der Waals surface area contributed by atoms with Gasteiger partial charge in [-0.15, -0.1) is 0 Å². The molecule has 2 aliphatic rings. The number of methoxy groups -OCH3 is 1. The van der Waals surface area contributed by atoms with Crippen LogP contribution in [0.5, 0.6) is 5.75 Å². The van der Waals surface area contributed by atoms with Gasteiger partial charge in [-0.25, -0.2) is 5.01 Å². The molecule has 1 atom stereocenters. The number of hydrazone groups is 1. The number of hydrogen-bond donors (Lipinski definition) is 1. The number of amides is 1. The van der Waals surface area contributed by atoms with E-state index in [9.17, 15) is 4.79 Å². The summed E-state index contributed by atoms with van der Waals surface area (Å²) >= 11 is 0. The van der Waals surface area contributed by atoms with Gasteiger partial charge in [0.15, 0.2) is 0 Å². The number of hydrogen-bond acceptors (Lipinski definition) is 4. The average Bonchev–Trinajstić information content (AvgIpc) is 2.90. The minimum atomic E-state index is -0.0206. The van der Waals surface area contributed by atoms with Crippen molar-refractivity contribution in [1.82, 2.24) is 10.3 Å². The van der Waals surface area contributed by atoms with Crippen LogP contribution in [-0.2, 0) is 4.79 Å². The monoisotopic (exact) mass is 325 g/mol. The molecule has 0 radical (unpaired) electrons. The van der Waals surface area contributed by atoms with Gasteiger partial charge in [-0.1, -0.05) is 12.2 Å². The summed E-state index contributed by atoms with van der Waals surface area (Å²) < 4.78 is 5.20.